The summed E-state index contributed by atoms with van der Waals surface area (Å²) in [5.74, 6) is 0.907. The van der Waals surface area contributed by atoms with Crippen LogP contribution in [0.1, 0.15) is 19.7 Å². The topological polar surface area (TPSA) is 68.6 Å². The Morgan fingerprint density at radius 3 is 3.05 bits per heavy atom. The normalized spacial score (nSPS) is 12.8. The highest BCUT2D eigenvalue weighted by Crippen LogP contribution is 2.16. The van der Waals surface area contributed by atoms with Crippen LogP contribution in [0.3, 0.4) is 0 Å². The highest BCUT2D eigenvalue weighted by Gasteiger charge is 2.11. The smallest absolute Gasteiger partial charge is 0.177 e. The van der Waals surface area contributed by atoms with Crippen LogP contribution >= 0.6 is 15.9 Å². The monoisotopic (exact) mass is 321 g/mol. The Bertz CT molecular complexity index is 601. The summed E-state index contributed by atoms with van der Waals surface area (Å²) in [6, 6.07) is 4.22. The van der Waals surface area contributed by atoms with Gasteiger partial charge in [0.05, 0.1) is 24.0 Å². The first-order chi connectivity index (χ1) is 9.12. The lowest BCUT2D eigenvalue weighted by Crippen LogP contribution is -2.28. The minimum absolute atomic E-state index is 0.0246. The number of nitriles is 1. The number of halogens is 1. The molecule has 1 atom stereocenters. The predicted molar refractivity (Wildman–Crippen MR) is 77.3 cm³/mol. The van der Waals surface area contributed by atoms with Gasteiger partial charge in [-0.3, -0.25) is 4.90 Å². The molecule has 0 aliphatic heterocycles. The van der Waals surface area contributed by atoms with Crippen molar-refractivity contribution >= 4 is 27.1 Å². The van der Waals surface area contributed by atoms with Crippen LogP contribution in [-0.4, -0.2) is 32.9 Å². The number of hydrogen-bond acceptors (Lipinski definition) is 4. The summed E-state index contributed by atoms with van der Waals surface area (Å²) in [6.07, 6.45) is 1.74. The predicted octanol–water partition coefficient (Wildman–Crippen LogP) is 2.70. The fourth-order valence-corrected chi connectivity index (χ4v) is 2.28. The molecule has 0 saturated carbocycles. The van der Waals surface area contributed by atoms with E-state index in [2.05, 4.69) is 48.8 Å². The molecule has 0 radical (unpaired) electrons. The fraction of sp³-hybridized carbons (Fsp3) is 0.462. The molecule has 2 aromatic heterocycles. The minimum Gasteiger partial charge on any atom is -0.339 e. The summed E-state index contributed by atoms with van der Waals surface area (Å²) in [5, 5.41) is 8.87. The molecule has 0 amide bonds. The number of aromatic nitrogens is 3. The SMILES string of the molecule is CCN(Cc1nc2ncc(Br)cc2[nH]1)C[C@@H](C)C#N. The summed E-state index contributed by atoms with van der Waals surface area (Å²) in [6.45, 7) is 6.36. The van der Waals surface area contributed by atoms with Gasteiger partial charge in [-0.15, -0.1) is 0 Å². The number of H-pyrrole nitrogens is 1. The van der Waals surface area contributed by atoms with Crippen molar-refractivity contribution in [3.63, 3.8) is 0 Å². The molecule has 0 fully saturated rings. The van der Waals surface area contributed by atoms with E-state index in [4.69, 9.17) is 5.26 Å². The first kappa shape index (κ1) is 14.0. The number of nitrogens with zero attached hydrogens (tertiary/aromatic N) is 4. The van der Waals surface area contributed by atoms with Crippen LogP contribution in [0, 0.1) is 17.2 Å². The largest absolute Gasteiger partial charge is 0.339 e. The van der Waals surface area contributed by atoms with Gasteiger partial charge in [0.25, 0.3) is 0 Å². The van der Waals surface area contributed by atoms with E-state index < -0.39 is 0 Å². The molecule has 0 bridgehead atoms. The first-order valence-corrected chi connectivity index (χ1v) is 7.03. The first-order valence-electron chi connectivity index (χ1n) is 6.24. The zero-order valence-electron chi connectivity index (χ0n) is 11.0. The Labute approximate surface area is 120 Å². The van der Waals surface area contributed by atoms with Crippen LogP contribution in [-0.2, 0) is 6.54 Å². The Morgan fingerprint density at radius 2 is 2.37 bits per heavy atom. The lowest BCUT2D eigenvalue weighted by Gasteiger charge is -2.19. The molecule has 1 N–H and O–H groups in total. The maximum Gasteiger partial charge on any atom is 0.177 e. The van der Waals surface area contributed by atoms with E-state index in [0.29, 0.717) is 6.54 Å². The van der Waals surface area contributed by atoms with Gasteiger partial charge in [-0.25, -0.2) is 9.97 Å². The summed E-state index contributed by atoms with van der Waals surface area (Å²) in [5.41, 5.74) is 1.65. The summed E-state index contributed by atoms with van der Waals surface area (Å²) in [4.78, 5) is 14.2. The van der Waals surface area contributed by atoms with E-state index in [1.807, 2.05) is 13.0 Å². The van der Waals surface area contributed by atoms with Gasteiger partial charge in [-0.2, -0.15) is 5.26 Å². The highest BCUT2D eigenvalue weighted by atomic mass is 79.9. The Morgan fingerprint density at radius 1 is 1.58 bits per heavy atom. The van der Waals surface area contributed by atoms with Gasteiger partial charge in [-0.1, -0.05) is 6.92 Å². The van der Waals surface area contributed by atoms with Gasteiger partial charge in [0.1, 0.15) is 5.82 Å². The molecule has 0 aliphatic rings. The third-order valence-corrected chi connectivity index (χ3v) is 3.36. The van der Waals surface area contributed by atoms with Crippen LogP contribution in [0.2, 0.25) is 0 Å². The lowest BCUT2D eigenvalue weighted by atomic mass is 10.2. The van der Waals surface area contributed by atoms with E-state index in [-0.39, 0.29) is 5.92 Å². The lowest BCUT2D eigenvalue weighted by molar-refractivity contribution is 0.255. The Hall–Kier alpha value is -1.45. The highest BCUT2D eigenvalue weighted by molar-refractivity contribution is 9.10. The molecule has 6 heteroatoms. The van der Waals surface area contributed by atoms with Gasteiger partial charge in [0.15, 0.2) is 5.65 Å². The molecular weight excluding hydrogens is 306 g/mol. The molecule has 0 spiro atoms. The molecular formula is C13H16BrN5. The molecule has 19 heavy (non-hydrogen) atoms. The molecule has 0 aliphatic carbocycles. The van der Waals surface area contributed by atoms with E-state index in [9.17, 15) is 0 Å². The Kier molecular flexibility index (Phi) is 4.51. The molecule has 5 nitrogen and oxygen atoms in total. The van der Waals surface area contributed by atoms with Crippen molar-refractivity contribution in [2.24, 2.45) is 5.92 Å². The molecule has 100 valence electrons. The van der Waals surface area contributed by atoms with Gasteiger partial charge >= 0.3 is 0 Å². The van der Waals surface area contributed by atoms with Crippen LogP contribution in [0.15, 0.2) is 16.7 Å². The van der Waals surface area contributed by atoms with E-state index in [0.717, 1.165) is 34.6 Å². The van der Waals surface area contributed by atoms with Crippen molar-refractivity contribution in [1.29, 1.82) is 5.26 Å². The van der Waals surface area contributed by atoms with Crippen molar-refractivity contribution in [2.45, 2.75) is 20.4 Å². The third-order valence-electron chi connectivity index (χ3n) is 2.93. The molecule has 2 aromatic rings. The zero-order chi connectivity index (χ0) is 13.8. The number of nitrogens with one attached hydrogen (secondary N) is 1. The van der Waals surface area contributed by atoms with Crippen molar-refractivity contribution in [1.82, 2.24) is 19.9 Å². The number of fused-ring (bicyclic) bond motifs is 1. The summed E-state index contributed by atoms with van der Waals surface area (Å²) < 4.78 is 0.931. The maximum absolute atomic E-state index is 8.87. The summed E-state index contributed by atoms with van der Waals surface area (Å²) >= 11 is 3.39. The van der Waals surface area contributed by atoms with Gasteiger partial charge in [0, 0.05) is 17.2 Å². The maximum atomic E-state index is 8.87. The van der Waals surface area contributed by atoms with Gasteiger partial charge < -0.3 is 4.98 Å². The van der Waals surface area contributed by atoms with Crippen LogP contribution < -0.4 is 0 Å². The number of aromatic amines is 1. The number of imidazole rings is 1. The van der Waals surface area contributed by atoms with Crippen molar-refractivity contribution in [3.8, 4) is 6.07 Å². The molecule has 0 saturated heterocycles. The molecule has 2 heterocycles. The second kappa shape index (κ2) is 6.13. The zero-order valence-corrected chi connectivity index (χ0v) is 12.6. The van der Waals surface area contributed by atoms with Gasteiger partial charge in [0.2, 0.25) is 0 Å². The second-order valence-electron chi connectivity index (χ2n) is 4.57. The standard InChI is InChI=1S/C13H16BrN5/c1-3-19(7-9(2)5-15)8-12-17-11-4-10(14)6-16-13(11)18-12/h4,6,9H,3,7-8H2,1-2H3,(H,16,17,18)/t9-/m0/s1. The average molecular weight is 322 g/mol. The van der Waals surface area contributed by atoms with Crippen molar-refractivity contribution in [3.05, 3.63) is 22.6 Å². The second-order valence-corrected chi connectivity index (χ2v) is 5.48. The van der Waals surface area contributed by atoms with E-state index in [1.54, 1.807) is 6.20 Å². The van der Waals surface area contributed by atoms with Crippen LogP contribution in [0.4, 0.5) is 0 Å². The minimum atomic E-state index is 0.0246. The number of hydrogen-bond donors (Lipinski definition) is 1. The molecule has 0 unspecified atom stereocenters. The number of pyridine rings is 1. The van der Waals surface area contributed by atoms with Crippen LogP contribution in [0.25, 0.3) is 11.2 Å². The van der Waals surface area contributed by atoms with Crippen molar-refractivity contribution in [2.75, 3.05) is 13.1 Å². The number of rotatable bonds is 5. The van der Waals surface area contributed by atoms with E-state index in [1.165, 1.54) is 0 Å². The molecule has 2 rings (SSSR count). The summed E-state index contributed by atoms with van der Waals surface area (Å²) in [7, 11) is 0. The molecule has 0 aromatic carbocycles. The van der Waals surface area contributed by atoms with E-state index >= 15 is 0 Å². The average Bonchev–Trinajstić information content (AvgIpc) is 2.79. The van der Waals surface area contributed by atoms with Crippen molar-refractivity contribution < 1.29 is 0 Å². The fourth-order valence-electron chi connectivity index (χ4n) is 1.94. The Balaban J connectivity index is 2.13. The third kappa shape index (κ3) is 3.52. The van der Waals surface area contributed by atoms with Gasteiger partial charge in [-0.05, 0) is 35.5 Å². The van der Waals surface area contributed by atoms with Crippen LogP contribution in [0.5, 0.6) is 0 Å². The quantitative estimate of drug-likeness (QED) is 0.919.